The van der Waals surface area contributed by atoms with Crippen molar-refractivity contribution >= 4 is 21.9 Å². The molecule has 0 aliphatic heterocycles. The second-order valence-corrected chi connectivity index (χ2v) is 3.23. The van der Waals surface area contributed by atoms with Crippen molar-refractivity contribution in [1.82, 2.24) is 24.7 Å². The minimum atomic E-state index is 0.132. The predicted molar refractivity (Wildman–Crippen MR) is 53.8 cm³/mol. The lowest BCUT2D eigenvalue weighted by Crippen LogP contribution is -2.02. The zero-order valence-corrected chi connectivity index (χ0v) is 8.88. The fourth-order valence-electron chi connectivity index (χ4n) is 0.942. The van der Waals surface area contributed by atoms with Gasteiger partial charge in [-0.15, -0.1) is 5.10 Å². The quantitative estimate of drug-likeness (QED) is 0.794. The van der Waals surface area contributed by atoms with E-state index in [1.54, 1.807) is 0 Å². The number of nitrogens with zero attached hydrogens (tertiary/aromatic N) is 6. The summed E-state index contributed by atoms with van der Waals surface area (Å²) in [5.74, 6) is 0.568. The van der Waals surface area contributed by atoms with Gasteiger partial charge in [0.2, 0.25) is 10.7 Å². The molecule has 15 heavy (non-hydrogen) atoms. The molecular formula is C7H4BrN7. The number of nitrogens with two attached hydrogens (primary N) is 1. The van der Waals surface area contributed by atoms with E-state index in [1.165, 1.54) is 17.1 Å². The van der Waals surface area contributed by atoms with E-state index in [0.29, 0.717) is 10.6 Å². The highest BCUT2D eigenvalue weighted by Gasteiger charge is 2.08. The van der Waals surface area contributed by atoms with Gasteiger partial charge < -0.3 is 5.73 Å². The van der Waals surface area contributed by atoms with E-state index in [4.69, 9.17) is 11.0 Å². The summed E-state index contributed by atoms with van der Waals surface area (Å²) >= 11 is 3.17. The fourth-order valence-corrected chi connectivity index (χ4v) is 1.38. The molecule has 7 nitrogen and oxygen atoms in total. The summed E-state index contributed by atoms with van der Waals surface area (Å²) in [6.45, 7) is 0. The Labute approximate surface area is 92.7 Å². The van der Waals surface area contributed by atoms with Crippen LogP contribution in [0.5, 0.6) is 0 Å². The van der Waals surface area contributed by atoms with Crippen molar-refractivity contribution in [2.24, 2.45) is 0 Å². The molecule has 2 aromatic rings. The van der Waals surface area contributed by atoms with E-state index in [1.807, 2.05) is 6.07 Å². The summed E-state index contributed by atoms with van der Waals surface area (Å²) < 4.78 is 1.81. The maximum Gasteiger partial charge on any atom is 0.240 e. The van der Waals surface area contributed by atoms with Gasteiger partial charge in [-0.1, -0.05) is 0 Å². The Morgan fingerprint density at radius 3 is 2.67 bits per heavy atom. The third kappa shape index (κ3) is 1.77. The third-order valence-electron chi connectivity index (χ3n) is 1.55. The Morgan fingerprint density at radius 1 is 1.40 bits per heavy atom. The van der Waals surface area contributed by atoms with Gasteiger partial charge in [0.05, 0.1) is 12.4 Å². The van der Waals surface area contributed by atoms with Gasteiger partial charge in [-0.25, -0.2) is 9.97 Å². The second-order valence-electron chi connectivity index (χ2n) is 2.52. The second kappa shape index (κ2) is 3.62. The van der Waals surface area contributed by atoms with Crippen LogP contribution in [0.25, 0.3) is 5.82 Å². The first-order chi connectivity index (χ1) is 7.20. The molecule has 0 aliphatic rings. The largest absolute Gasteiger partial charge is 0.366 e. The molecule has 74 valence electrons. The van der Waals surface area contributed by atoms with E-state index in [0.717, 1.165) is 0 Å². The van der Waals surface area contributed by atoms with Crippen molar-refractivity contribution in [3.63, 3.8) is 0 Å². The van der Waals surface area contributed by atoms with Gasteiger partial charge in [-0.05, 0) is 15.9 Å². The Bertz CT molecular complexity index is 523. The van der Waals surface area contributed by atoms with E-state index in [9.17, 15) is 0 Å². The van der Waals surface area contributed by atoms with E-state index < -0.39 is 0 Å². The van der Waals surface area contributed by atoms with Gasteiger partial charge in [0.1, 0.15) is 6.07 Å². The Kier molecular flexibility index (Phi) is 2.31. The number of hydrogen-bond donors (Lipinski definition) is 1. The van der Waals surface area contributed by atoms with Crippen molar-refractivity contribution < 1.29 is 0 Å². The molecule has 2 rings (SSSR count). The molecule has 2 aromatic heterocycles. The maximum atomic E-state index is 8.54. The first kappa shape index (κ1) is 9.54. The van der Waals surface area contributed by atoms with E-state index >= 15 is 0 Å². The molecule has 0 bridgehead atoms. The highest BCUT2D eigenvalue weighted by Crippen LogP contribution is 2.12. The van der Waals surface area contributed by atoms with Crippen molar-refractivity contribution in [2.75, 3.05) is 5.73 Å². The number of aromatic nitrogens is 5. The number of rotatable bonds is 1. The van der Waals surface area contributed by atoms with Crippen LogP contribution >= 0.6 is 15.9 Å². The van der Waals surface area contributed by atoms with E-state index in [-0.39, 0.29) is 11.6 Å². The molecule has 0 aromatic carbocycles. The standard InChI is InChI=1S/C7H4BrN7/c8-6-13-7(10)14-15(6)5-3-11-4(1-9)2-12-5/h2-3H,(H2,10,14). The lowest BCUT2D eigenvalue weighted by Gasteiger charge is -1.98. The van der Waals surface area contributed by atoms with Gasteiger partial charge in [0.15, 0.2) is 11.5 Å². The molecule has 0 amide bonds. The number of halogens is 1. The summed E-state index contributed by atoms with van der Waals surface area (Å²) in [6.07, 6.45) is 2.76. The summed E-state index contributed by atoms with van der Waals surface area (Å²) in [6, 6.07) is 1.87. The van der Waals surface area contributed by atoms with Gasteiger partial charge in [0.25, 0.3) is 0 Å². The normalized spacial score (nSPS) is 9.87. The Morgan fingerprint density at radius 2 is 2.20 bits per heavy atom. The van der Waals surface area contributed by atoms with Crippen molar-refractivity contribution in [2.45, 2.75) is 0 Å². The van der Waals surface area contributed by atoms with Crippen LogP contribution in [-0.4, -0.2) is 24.7 Å². The number of anilines is 1. The lowest BCUT2D eigenvalue weighted by atomic mass is 10.5. The number of nitriles is 1. The lowest BCUT2D eigenvalue weighted by molar-refractivity contribution is 0.818. The van der Waals surface area contributed by atoms with Crippen molar-refractivity contribution in [3.8, 4) is 11.9 Å². The summed E-state index contributed by atoms with van der Waals surface area (Å²) in [7, 11) is 0. The number of nitrogen functional groups attached to an aromatic ring is 1. The van der Waals surface area contributed by atoms with Gasteiger partial charge >= 0.3 is 0 Å². The molecule has 0 radical (unpaired) electrons. The molecule has 0 saturated carbocycles. The average molecular weight is 266 g/mol. The van der Waals surface area contributed by atoms with Crippen LogP contribution in [0, 0.1) is 11.3 Å². The Balaban J connectivity index is 2.46. The summed E-state index contributed by atoms with van der Waals surface area (Å²) in [5.41, 5.74) is 5.64. The van der Waals surface area contributed by atoms with Gasteiger partial charge in [-0.2, -0.15) is 14.9 Å². The van der Waals surface area contributed by atoms with Crippen LogP contribution in [0.2, 0.25) is 0 Å². The molecule has 0 unspecified atom stereocenters. The maximum absolute atomic E-state index is 8.54. The van der Waals surface area contributed by atoms with Crippen LogP contribution in [-0.2, 0) is 0 Å². The molecule has 0 fully saturated rings. The first-order valence-corrected chi connectivity index (χ1v) is 4.60. The highest BCUT2D eigenvalue weighted by atomic mass is 79.9. The smallest absolute Gasteiger partial charge is 0.240 e. The summed E-state index contributed by atoms with van der Waals surface area (Å²) in [5, 5.41) is 12.4. The third-order valence-corrected chi connectivity index (χ3v) is 2.07. The van der Waals surface area contributed by atoms with Crippen LogP contribution in [0.15, 0.2) is 17.1 Å². The fraction of sp³-hybridized carbons (Fsp3) is 0. The van der Waals surface area contributed by atoms with Crippen LogP contribution in [0.3, 0.4) is 0 Å². The Hall–Kier alpha value is -2.01. The highest BCUT2D eigenvalue weighted by molar-refractivity contribution is 9.10. The molecule has 0 atom stereocenters. The molecule has 0 saturated heterocycles. The van der Waals surface area contributed by atoms with Gasteiger partial charge in [0, 0.05) is 0 Å². The van der Waals surface area contributed by atoms with Crippen LogP contribution in [0.1, 0.15) is 5.69 Å². The zero-order chi connectivity index (χ0) is 10.8. The molecule has 0 spiro atoms. The van der Waals surface area contributed by atoms with Crippen molar-refractivity contribution in [3.05, 3.63) is 22.8 Å². The van der Waals surface area contributed by atoms with Crippen LogP contribution < -0.4 is 5.73 Å². The molecule has 8 heteroatoms. The molecule has 2 N–H and O–H groups in total. The zero-order valence-electron chi connectivity index (χ0n) is 7.29. The van der Waals surface area contributed by atoms with E-state index in [2.05, 4.69) is 36.0 Å². The minimum Gasteiger partial charge on any atom is -0.366 e. The van der Waals surface area contributed by atoms with Gasteiger partial charge in [-0.3, -0.25) is 0 Å². The summed E-state index contributed by atoms with van der Waals surface area (Å²) in [4.78, 5) is 11.7. The average Bonchev–Trinajstić information content (AvgIpc) is 2.58. The molecule has 2 heterocycles. The predicted octanol–water partition coefficient (Wildman–Crippen LogP) is 0.274. The number of hydrogen-bond acceptors (Lipinski definition) is 6. The molecule has 0 aliphatic carbocycles. The van der Waals surface area contributed by atoms with Crippen molar-refractivity contribution in [1.29, 1.82) is 5.26 Å². The SMILES string of the molecule is N#Cc1cnc(-n2nc(N)nc2Br)cn1. The topological polar surface area (TPSA) is 106 Å². The first-order valence-electron chi connectivity index (χ1n) is 3.81. The minimum absolute atomic E-state index is 0.132. The van der Waals surface area contributed by atoms with Crippen LogP contribution in [0.4, 0.5) is 5.95 Å². The molecular weight excluding hydrogens is 262 g/mol. The monoisotopic (exact) mass is 265 g/mol.